The first-order chi connectivity index (χ1) is 7.95. The molecule has 17 heavy (non-hydrogen) atoms. The number of phenolic OH excluding ortho intramolecular Hbond substituents is 1. The van der Waals surface area contributed by atoms with E-state index in [1.807, 2.05) is 0 Å². The highest BCUT2D eigenvalue weighted by Gasteiger charge is 2.17. The standard InChI is InChI=1S/C12H14ClNO3/c1-3-10(15)7(2)14-12(17)9-5-4-8(13)6-11(9)16/h4-7,16H,3H2,1-2H3,(H,14,17). The Kier molecular flexibility index (Phi) is 4.52. The Morgan fingerprint density at radius 1 is 1.47 bits per heavy atom. The van der Waals surface area contributed by atoms with Gasteiger partial charge < -0.3 is 10.4 Å². The Bertz CT molecular complexity index is 445. The predicted molar refractivity (Wildman–Crippen MR) is 65.3 cm³/mol. The summed E-state index contributed by atoms with van der Waals surface area (Å²) in [5.41, 5.74) is 0.102. The topological polar surface area (TPSA) is 66.4 Å². The van der Waals surface area contributed by atoms with Crippen LogP contribution < -0.4 is 5.32 Å². The zero-order chi connectivity index (χ0) is 13.0. The van der Waals surface area contributed by atoms with E-state index in [0.717, 1.165) is 0 Å². The SMILES string of the molecule is CCC(=O)C(C)NC(=O)c1ccc(Cl)cc1O. The summed E-state index contributed by atoms with van der Waals surface area (Å²) >= 11 is 5.65. The van der Waals surface area contributed by atoms with Crippen LogP contribution in [0, 0.1) is 0 Å². The summed E-state index contributed by atoms with van der Waals surface area (Å²) in [5.74, 6) is -0.758. The van der Waals surface area contributed by atoms with Crippen LogP contribution in [0.15, 0.2) is 18.2 Å². The van der Waals surface area contributed by atoms with Crippen molar-refractivity contribution in [2.45, 2.75) is 26.3 Å². The predicted octanol–water partition coefficient (Wildman–Crippen LogP) is 2.14. The van der Waals surface area contributed by atoms with Crippen LogP contribution in [0.5, 0.6) is 5.75 Å². The number of amides is 1. The number of halogens is 1. The van der Waals surface area contributed by atoms with Gasteiger partial charge in [-0.05, 0) is 25.1 Å². The van der Waals surface area contributed by atoms with Gasteiger partial charge in [-0.2, -0.15) is 0 Å². The van der Waals surface area contributed by atoms with Gasteiger partial charge in [-0.3, -0.25) is 9.59 Å². The van der Waals surface area contributed by atoms with Crippen LogP contribution in [0.3, 0.4) is 0 Å². The number of phenols is 1. The molecule has 5 heteroatoms. The van der Waals surface area contributed by atoms with Crippen molar-refractivity contribution in [1.82, 2.24) is 5.32 Å². The maximum absolute atomic E-state index is 11.7. The number of hydrogen-bond acceptors (Lipinski definition) is 3. The van der Waals surface area contributed by atoms with E-state index < -0.39 is 11.9 Å². The summed E-state index contributed by atoms with van der Waals surface area (Å²) in [6, 6.07) is 3.63. The second-order valence-corrected chi connectivity index (χ2v) is 4.11. The Morgan fingerprint density at radius 2 is 2.12 bits per heavy atom. The van der Waals surface area contributed by atoms with E-state index in [9.17, 15) is 14.7 Å². The number of nitrogens with one attached hydrogen (secondary N) is 1. The van der Waals surface area contributed by atoms with Crippen LogP contribution in [0.1, 0.15) is 30.6 Å². The van der Waals surface area contributed by atoms with E-state index in [1.54, 1.807) is 13.8 Å². The molecule has 0 saturated carbocycles. The average molecular weight is 256 g/mol. The van der Waals surface area contributed by atoms with Crippen molar-refractivity contribution in [2.24, 2.45) is 0 Å². The average Bonchev–Trinajstić information content (AvgIpc) is 2.27. The molecule has 1 rings (SSSR count). The van der Waals surface area contributed by atoms with E-state index in [0.29, 0.717) is 11.4 Å². The van der Waals surface area contributed by atoms with Crippen LogP contribution in [-0.4, -0.2) is 22.8 Å². The molecular formula is C12H14ClNO3. The number of rotatable bonds is 4. The van der Waals surface area contributed by atoms with Crippen molar-refractivity contribution in [3.8, 4) is 5.75 Å². The second kappa shape index (κ2) is 5.68. The molecule has 1 atom stereocenters. The molecule has 92 valence electrons. The Hall–Kier alpha value is -1.55. The number of benzene rings is 1. The monoisotopic (exact) mass is 255 g/mol. The number of carbonyl (C=O) groups excluding carboxylic acids is 2. The molecule has 0 radical (unpaired) electrons. The molecule has 0 bridgehead atoms. The van der Waals surface area contributed by atoms with Crippen molar-refractivity contribution < 1.29 is 14.7 Å². The minimum atomic E-state index is -0.567. The number of hydrogen-bond donors (Lipinski definition) is 2. The van der Waals surface area contributed by atoms with Crippen molar-refractivity contribution in [1.29, 1.82) is 0 Å². The van der Waals surface area contributed by atoms with Crippen molar-refractivity contribution in [2.75, 3.05) is 0 Å². The molecule has 0 heterocycles. The van der Waals surface area contributed by atoms with Crippen LogP contribution in [0.2, 0.25) is 5.02 Å². The minimum absolute atomic E-state index is 0.0631. The first-order valence-corrected chi connectivity index (χ1v) is 5.65. The molecule has 1 aromatic rings. The molecule has 2 N–H and O–H groups in total. The summed E-state index contributed by atoms with van der Waals surface area (Å²) in [6.07, 6.45) is 0.355. The van der Waals surface area contributed by atoms with Gasteiger partial charge in [0, 0.05) is 11.4 Å². The molecule has 1 amide bonds. The van der Waals surface area contributed by atoms with Gasteiger partial charge in [-0.1, -0.05) is 18.5 Å². The minimum Gasteiger partial charge on any atom is -0.507 e. The summed E-state index contributed by atoms with van der Waals surface area (Å²) < 4.78 is 0. The number of ketones is 1. The summed E-state index contributed by atoms with van der Waals surface area (Å²) in [6.45, 7) is 3.33. The highest BCUT2D eigenvalue weighted by atomic mass is 35.5. The molecule has 0 fully saturated rings. The Labute approximate surface area is 105 Å². The molecule has 4 nitrogen and oxygen atoms in total. The number of carbonyl (C=O) groups is 2. The Morgan fingerprint density at radius 3 is 2.65 bits per heavy atom. The summed E-state index contributed by atoms with van der Waals surface area (Å²) in [5, 5.41) is 12.4. The normalized spacial score (nSPS) is 11.9. The molecule has 0 aliphatic heterocycles. The lowest BCUT2D eigenvalue weighted by atomic mass is 10.1. The molecule has 0 aromatic heterocycles. The smallest absolute Gasteiger partial charge is 0.255 e. The van der Waals surface area contributed by atoms with Crippen LogP contribution in [0.25, 0.3) is 0 Å². The molecule has 0 aliphatic rings. The van der Waals surface area contributed by atoms with Gasteiger partial charge in [0.05, 0.1) is 11.6 Å². The van der Waals surface area contributed by atoms with Crippen LogP contribution in [0.4, 0.5) is 0 Å². The highest BCUT2D eigenvalue weighted by Crippen LogP contribution is 2.21. The van der Waals surface area contributed by atoms with Gasteiger partial charge >= 0.3 is 0 Å². The lowest BCUT2D eigenvalue weighted by Gasteiger charge is -2.12. The highest BCUT2D eigenvalue weighted by molar-refractivity contribution is 6.30. The zero-order valence-electron chi connectivity index (χ0n) is 9.66. The third kappa shape index (κ3) is 3.46. The van der Waals surface area contributed by atoms with Gasteiger partial charge in [0.25, 0.3) is 5.91 Å². The number of aromatic hydroxyl groups is 1. The van der Waals surface area contributed by atoms with Crippen molar-refractivity contribution >= 4 is 23.3 Å². The molecular weight excluding hydrogens is 242 g/mol. The van der Waals surface area contributed by atoms with Gasteiger partial charge in [0.1, 0.15) is 5.75 Å². The maximum Gasteiger partial charge on any atom is 0.255 e. The maximum atomic E-state index is 11.7. The van der Waals surface area contributed by atoms with E-state index in [-0.39, 0.29) is 17.1 Å². The van der Waals surface area contributed by atoms with Gasteiger partial charge in [-0.25, -0.2) is 0 Å². The number of Topliss-reactive ketones (excluding diaryl/α,β-unsaturated/α-hetero) is 1. The van der Waals surface area contributed by atoms with Gasteiger partial charge in [-0.15, -0.1) is 0 Å². The van der Waals surface area contributed by atoms with Crippen LogP contribution >= 0.6 is 11.6 Å². The van der Waals surface area contributed by atoms with Crippen LogP contribution in [-0.2, 0) is 4.79 Å². The van der Waals surface area contributed by atoms with E-state index in [2.05, 4.69) is 5.32 Å². The molecule has 1 aromatic carbocycles. The zero-order valence-corrected chi connectivity index (χ0v) is 10.4. The van der Waals surface area contributed by atoms with E-state index in [4.69, 9.17) is 11.6 Å². The third-order valence-electron chi connectivity index (χ3n) is 2.38. The summed E-state index contributed by atoms with van der Waals surface area (Å²) in [7, 11) is 0. The Balaban J connectivity index is 2.80. The summed E-state index contributed by atoms with van der Waals surface area (Å²) in [4.78, 5) is 23.1. The molecule has 0 aliphatic carbocycles. The van der Waals surface area contributed by atoms with Gasteiger partial charge in [0.15, 0.2) is 5.78 Å². The fourth-order valence-electron chi connectivity index (χ4n) is 1.36. The van der Waals surface area contributed by atoms with Crippen molar-refractivity contribution in [3.63, 3.8) is 0 Å². The second-order valence-electron chi connectivity index (χ2n) is 3.68. The molecule has 0 saturated heterocycles. The largest absolute Gasteiger partial charge is 0.507 e. The molecule has 0 spiro atoms. The third-order valence-corrected chi connectivity index (χ3v) is 2.62. The van der Waals surface area contributed by atoms with E-state index >= 15 is 0 Å². The molecule has 1 unspecified atom stereocenters. The first kappa shape index (κ1) is 13.5. The lowest BCUT2D eigenvalue weighted by molar-refractivity contribution is -0.120. The first-order valence-electron chi connectivity index (χ1n) is 5.27. The fraction of sp³-hybridized carbons (Fsp3) is 0.333. The lowest BCUT2D eigenvalue weighted by Crippen LogP contribution is -2.38. The fourth-order valence-corrected chi connectivity index (χ4v) is 1.52. The van der Waals surface area contributed by atoms with Crippen molar-refractivity contribution in [3.05, 3.63) is 28.8 Å². The van der Waals surface area contributed by atoms with Gasteiger partial charge in [0.2, 0.25) is 0 Å². The quantitative estimate of drug-likeness (QED) is 0.866. The van der Waals surface area contributed by atoms with E-state index in [1.165, 1.54) is 18.2 Å².